The number of piperazine rings is 1. The first-order valence-corrected chi connectivity index (χ1v) is 11.4. The van der Waals surface area contributed by atoms with E-state index in [1.165, 1.54) is 16.4 Å². The SMILES string of the molecule is COc1cccc(CN(C)S(=O)(=O)NCCN2CCN(c3ccc(F)cc3)CC2)c1. The first-order valence-electron chi connectivity index (χ1n) is 9.94. The molecule has 1 fully saturated rings. The van der Waals surface area contributed by atoms with Gasteiger partial charge in [0.1, 0.15) is 11.6 Å². The molecular formula is C21H29FN4O3S. The molecule has 2 aromatic carbocycles. The van der Waals surface area contributed by atoms with Gasteiger partial charge in [-0.3, -0.25) is 4.90 Å². The van der Waals surface area contributed by atoms with Gasteiger partial charge in [-0.05, 0) is 42.0 Å². The average molecular weight is 437 g/mol. The summed E-state index contributed by atoms with van der Waals surface area (Å²) in [5, 5.41) is 0. The zero-order valence-corrected chi connectivity index (χ0v) is 18.2. The van der Waals surface area contributed by atoms with E-state index in [4.69, 9.17) is 4.74 Å². The first-order chi connectivity index (χ1) is 14.4. The molecule has 0 aromatic heterocycles. The largest absolute Gasteiger partial charge is 0.497 e. The van der Waals surface area contributed by atoms with Crippen LogP contribution in [-0.2, 0) is 16.8 Å². The average Bonchev–Trinajstić information content (AvgIpc) is 2.75. The van der Waals surface area contributed by atoms with E-state index in [1.54, 1.807) is 26.3 Å². The van der Waals surface area contributed by atoms with E-state index in [0.29, 0.717) is 18.8 Å². The summed E-state index contributed by atoms with van der Waals surface area (Å²) in [6.45, 7) is 4.58. The van der Waals surface area contributed by atoms with Gasteiger partial charge in [-0.25, -0.2) is 9.11 Å². The van der Waals surface area contributed by atoms with Gasteiger partial charge in [-0.15, -0.1) is 0 Å². The van der Waals surface area contributed by atoms with Gasteiger partial charge in [0, 0.05) is 58.5 Å². The fourth-order valence-corrected chi connectivity index (χ4v) is 4.33. The van der Waals surface area contributed by atoms with E-state index in [1.807, 2.05) is 24.3 Å². The molecule has 9 heteroatoms. The van der Waals surface area contributed by atoms with Crippen LogP contribution in [0, 0.1) is 5.82 Å². The lowest BCUT2D eigenvalue weighted by molar-refractivity contribution is 0.261. The van der Waals surface area contributed by atoms with Crippen molar-refractivity contribution in [2.24, 2.45) is 0 Å². The van der Waals surface area contributed by atoms with Crippen LogP contribution in [-0.4, -0.2) is 71.0 Å². The smallest absolute Gasteiger partial charge is 0.279 e. The Morgan fingerprint density at radius 1 is 1.10 bits per heavy atom. The molecule has 2 aromatic rings. The lowest BCUT2D eigenvalue weighted by Crippen LogP contribution is -2.49. The van der Waals surface area contributed by atoms with Crippen LogP contribution >= 0.6 is 0 Å². The summed E-state index contributed by atoms with van der Waals surface area (Å²) in [4.78, 5) is 4.44. The topological polar surface area (TPSA) is 65.1 Å². The lowest BCUT2D eigenvalue weighted by atomic mass is 10.2. The van der Waals surface area contributed by atoms with Gasteiger partial charge in [-0.2, -0.15) is 12.7 Å². The zero-order valence-electron chi connectivity index (χ0n) is 17.4. The molecule has 1 aliphatic heterocycles. The number of hydrogen-bond acceptors (Lipinski definition) is 5. The number of hydrogen-bond donors (Lipinski definition) is 1. The Balaban J connectivity index is 1.42. The molecule has 0 atom stereocenters. The molecule has 30 heavy (non-hydrogen) atoms. The molecule has 0 amide bonds. The predicted molar refractivity (Wildman–Crippen MR) is 116 cm³/mol. The van der Waals surface area contributed by atoms with Gasteiger partial charge in [0.25, 0.3) is 10.2 Å². The maximum Gasteiger partial charge on any atom is 0.279 e. The quantitative estimate of drug-likeness (QED) is 0.651. The summed E-state index contributed by atoms with van der Waals surface area (Å²) < 4.78 is 47.3. The van der Waals surface area contributed by atoms with E-state index in [0.717, 1.165) is 37.4 Å². The third-order valence-corrected chi connectivity index (χ3v) is 6.74. The van der Waals surface area contributed by atoms with Gasteiger partial charge >= 0.3 is 0 Å². The highest BCUT2D eigenvalue weighted by molar-refractivity contribution is 7.87. The van der Waals surface area contributed by atoms with Crippen molar-refractivity contribution in [3.63, 3.8) is 0 Å². The Hall–Kier alpha value is -2.20. The molecule has 1 aliphatic rings. The minimum absolute atomic E-state index is 0.235. The van der Waals surface area contributed by atoms with Crippen molar-refractivity contribution in [2.75, 3.05) is 58.3 Å². The summed E-state index contributed by atoms with van der Waals surface area (Å²) in [7, 11) is -0.424. The molecule has 1 N–H and O–H groups in total. The Morgan fingerprint density at radius 2 is 1.80 bits per heavy atom. The van der Waals surface area contributed by atoms with Crippen molar-refractivity contribution in [3.05, 3.63) is 59.9 Å². The number of methoxy groups -OCH3 is 1. The molecule has 0 saturated carbocycles. The summed E-state index contributed by atoms with van der Waals surface area (Å²) in [5.74, 6) is 0.465. The van der Waals surface area contributed by atoms with Gasteiger partial charge in [0.05, 0.1) is 7.11 Å². The number of rotatable bonds is 9. The van der Waals surface area contributed by atoms with Gasteiger partial charge in [-0.1, -0.05) is 12.1 Å². The van der Waals surface area contributed by atoms with Crippen molar-refractivity contribution in [2.45, 2.75) is 6.54 Å². The molecule has 0 aliphatic carbocycles. The predicted octanol–water partition coefficient (Wildman–Crippen LogP) is 1.92. The molecule has 1 saturated heterocycles. The Kier molecular flexibility index (Phi) is 7.65. The molecule has 7 nitrogen and oxygen atoms in total. The van der Waals surface area contributed by atoms with E-state index >= 15 is 0 Å². The van der Waals surface area contributed by atoms with Crippen LogP contribution in [0.4, 0.5) is 10.1 Å². The number of anilines is 1. The molecule has 0 spiro atoms. The number of ether oxygens (including phenoxy) is 1. The summed E-state index contributed by atoms with van der Waals surface area (Å²) in [6.07, 6.45) is 0. The minimum atomic E-state index is -3.57. The maximum atomic E-state index is 13.1. The van der Waals surface area contributed by atoms with Gasteiger partial charge in [0.2, 0.25) is 0 Å². The van der Waals surface area contributed by atoms with E-state index < -0.39 is 10.2 Å². The Bertz CT molecular complexity index is 916. The zero-order chi connectivity index (χ0) is 21.6. The normalized spacial score (nSPS) is 15.5. The van der Waals surface area contributed by atoms with Crippen molar-refractivity contribution in [1.29, 1.82) is 0 Å². The molecule has 1 heterocycles. The summed E-state index contributed by atoms with van der Waals surface area (Å²) >= 11 is 0. The second kappa shape index (κ2) is 10.2. The van der Waals surface area contributed by atoms with Crippen LogP contribution in [0.25, 0.3) is 0 Å². The fourth-order valence-electron chi connectivity index (χ4n) is 3.44. The highest BCUT2D eigenvalue weighted by Crippen LogP contribution is 2.17. The number of nitrogens with one attached hydrogen (secondary N) is 1. The van der Waals surface area contributed by atoms with Gasteiger partial charge in [0.15, 0.2) is 0 Å². The molecule has 0 radical (unpaired) electrons. The standard InChI is InChI=1S/C21H29FN4O3S/c1-24(17-18-4-3-5-21(16-18)29-2)30(27,28)23-10-11-25-12-14-26(15-13-25)20-8-6-19(22)7-9-20/h3-9,16,23H,10-15,17H2,1-2H3. The highest BCUT2D eigenvalue weighted by atomic mass is 32.2. The van der Waals surface area contributed by atoms with E-state index in [-0.39, 0.29) is 12.4 Å². The van der Waals surface area contributed by atoms with E-state index in [2.05, 4.69) is 14.5 Å². The number of benzene rings is 2. The molecule has 164 valence electrons. The highest BCUT2D eigenvalue weighted by Gasteiger charge is 2.20. The van der Waals surface area contributed by atoms with Crippen LogP contribution in [0.3, 0.4) is 0 Å². The van der Waals surface area contributed by atoms with Crippen LogP contribution in [0.15, 0.2) is 48.5 Å². The number of nitrogens with zero attached hydrogens (tertiary/aromatic N) is 3. The van der Waals surface area contributed by atoms with Crippen LogP contribution in [0.5, 0.6) is 5.75 Å². The van der Waals surface area contributed by atoms with Gasteiger partial charge < -0.3 is 9.64 Å². The molecule has 3 rings (SSSR count). The molecular weight excluding hydrogens is 407 g/mol. The van der Waals surface area contributed by atoms with Crippen molar-refractivity contribution >= 4 is 15.9 Å². The van der Waals surface area contributed by atoms with E-state index in [9.17, 15) is 12.8 Å². The number of halogens is 1. The molecule has 0 bridgehead atoms. The third kappa shape index (κ3) is 6.15. The second-order valence-electron chi connectivity index (χ2n) is 7.31. The monoisotopic (exact) mass is 436 g/mol. The second-order valence-corrected chi connectivity index (χ2v) is 9.17. The van der Waals surface area contributed by atoms with Crippen molar-refractivity contribution in [3.8, 4) is 5.75 Å². The van der Waals surface area contributed by atoms with Crippen LogP contribution in [0.2, 0.25) is 0 Å². The summed E-state index contributed by atoms with van der Waals surface area (Å²) in [5.41, 5.74) is 1.87. The van der Waals surface area contributed by atoms with Crippen molar-refractivity contribution in [1.82, 2.24) is 13.9 Å². The Morgan fingerprint density at radius 3 is 2.47 bits per heavy atom. The first kappa shape index (κ1) is 22.5. The third-order valence-electron chi connectivity index (χ3n) is 5.23. The molecule has 0 unspecified atom stereocenters. The lowest BCUT2D eigenvalue weighted by Gasteiger charge is -2.36. The summed E-state index contributed by atoms with van der Waals surface area (Å²) in [6, 6.07) is 13.9. The Labute approximate surface area is 178 Å². The van der Waals surface area contributed by atoms with Crippen LogP contribution < -0.4 is 14.4 Å². The fraction of sp³-hybridized carbons (Fsp3) is 0.429. The van der Waals surface area contributed by atoms with Crippen molar-refractivity contribution < 1.29 is 17.5 Å². The van der Waals surface area contributed by atoms with Crippen LogP contribution in [0.1, 0.15) is 5.56 Å². The maximum absolute atomic E-state index is 13.1. The minimum Gasteiger partial charge on any atom is -0.497 e.